The van der Waals surface area contributed by atoms with Gasteiger partial charge >= 0.3 is 0 Å². The van der Waals surface area contributed by atoms with Crippen LogP contribution in [0.5, 0.6) is 0 Å². The molecule has 2 atom stereocenters. The van der Waals surface area contributed by atoms with Crippen molar-refractivity contribution in [1.82, 2.24) is 20.4 Å². The Morgan fingerprint density at radius 1 is 1.42 bits per heavy atom. The molecule has 1 fully saturated rings. The molecule has 0 radical (unpaired) electrons. The van der Waals surface area contributed by atoms with Crippen LogP contribution < -0.4 is 10.6 Å². The van der Waals surface area contributed by atoms with Crippen LogP contribution in [0, 0.1) is 10.1 Å². The number of carbonyl (C=O) groups excluding carboxylic acids is 1. The number of hydrogen-bond acceptors (Lipinski definition) is 5. The number of nitrogens with one attached hydrogen (secondary N) is 2. The Hall–Kier alpha value is -2.74. The Morgan fingerprint density at radius 3 is 2.83 bits per heavy atom. The molecule has 2 heterocycles. The van der Waals surface area contributed by atoms with E-state index in [0.717, 1.165) is 19.4 Å². The summed E-state index contributed by atoms with van der Waals surface area (Å²) in [6, 6.07) is 6.36. The minimum absolute atomic E-state index is 0.0164. The third-order valence-corrected chi connectivity index (χ3v) is 4.25. The minimum Gasteiger partial charge on any atom is -0.348 e. The first kappa shape index (κ1) is 16.1. The van der Waals surface area contributed by atoms with E-state index in [2.05, 4.69) is 22.7 Å². The highest BCUT2D eigenvalue weighted by molar-refractivity contribution is 5.94. The summed E-state index contributed by atoms with van der Waals surface area (Å²) in [4.78, 5) is 22.6. The van der Waals surface area contributed by atoms with E-state index in [0.29, 0.717) is 11.3 Å². The van der Waals surface area contributed by atoms with Crippen molar-refractivity contribution in [3.8, 4) is 5.69 Å². The summed E-state index contributed by atoms with van der Waals surface area (Å²) in [6.07, 6.45) is 5.11. The molecule has 1 aromatic carbocycles. The van der Waals surface area contributed by atoms with Gasteiger partial charge in [-0.3, -0.25) is 14.9 Å². The molecule has 2 N–H and O–H groups in total. The smallest absolute Gasteiger partial charge is 0.269 e. The number of rotatable bonds is 4. The summed E-state index contributed by atoms with van der Waals surface area (Å²) in [6.45, 7) is 3.04. The van der Waals surface area contributed by atoms with E-state index < -0.39 is 4.92 Å². The normalized spacial score (nSPS) is 20.5. The van der Waals surface area contributed by atoms with E-state index in [9.17, 15) is 14.9 Å². The van der Waals surface area contributed by atoms with Crippen molar-refractivity contribution >= 4 is 11.6 Å². The zero-order chi connectivity index (χ0) is 17.1. The van der Waals surface area contributed by atoms with Crippen molar-refractivity contribution in [2.24, 2.45) is 0 Å². The van der Waals surface area contributed by atoms with Crippen LogP contribution in [0.4, 0.5) is 5.69 Å². The summed E-state index contributed by atoms with van der Waals surface area (Å²) < 4.78 is 1.53. The number of benzene rings is 1. The van der Waals surface area contributed by atoms with Crippen LogP contribution >= 0.6 is 0 Å². The van der Waals surface area contributed by atoms with Gasteiger partial charge in [-0.1, -0.05) is 0 Å². The van der Waals surface area contributed by atoms with Gasteiger partial charge in [0.15, 0.2) is 0 Å². The highest BCUT2D eigenvalue weighted by Crippen LogP contribution is 2.15. The highest BCUT2D eigenvalue weighted by atomic mass is 16.6. The van der Waals surface area contributed by atoms with Crippen molar-refractivity contribution in [1.29, 1.82) is 0 Å². The topological polar surface area (TPSA) is 102 Å². The molecule has 3 rings (SSSR count). The second-order valence-corrected chi connectivity index (χ2v) is 5.91. The molecule has 1 aromatic heterocycles. The zero-order valence-corrected chi connectivity index (χ0v) is 13.3. The Morgan fingerprint density at radius 2 is 2.17 bits per heavy atom. The minimum atomic E-state index is -0.453. The molecule has 8 nitrogen and oxygen atoms in total. The fourth-order valence-electron chi connectivity index (χ4n) is 2.80. The lowest BCUT2D eigenvalue weighted by Gasteiger charge is -2.30. The first-order valence-corrected chi connectivity index (χ1v) is 7.88. The number of hydrogen-bond donors (Lipinski definition) is 2. The van der Waals surface area contributed by atoms with Crippen LogP contribution in [0.15, 0.2) is 36.7 Å². The SMILES string of the molecule is CC1NCCCC1NC(=O)c1cnn(-c2ccc([N+](=O)[O-])cc2)c1. The molecule has 24 heavy (non-hydrogen) atoms. The van der Waals surface area contributed by atoms with E-state index in [1.807, 2.05) is 0 Å². The Kier molecular flexibility index (Phi) is 4.57. The first-order valence-electron chi connectivity index (χ1n) is 7.88. The molecular formula is C16H19N5O3. The Balaban J connectivity index is 1.70. The van der Waals surface area contributed by atoms with Gasteiger partial charge in [-0.25, -0.2) is 4.68 Å². The Labute approximate surface area is 139 Å². The van der Waals surface area contributed by atoms with Crippen LogP contribution in [0.2, 0.25) is 0 Å². The molecule has 1 aliphatic rings. The summed E-state index contributed by atoms with van der Waals surface area (Å²) in [5.74, 6) is -0.163. The summed E-state index contributed by atoms with van der Waals surface area (Å²) in [7, 11) is 0. The van der Waals surface area contributed by atoms with Crippen molar-refractivity contribution in [3.05, 3.63) is 52.3 Å². The van der Waals surface area contributed by atoms with E-state index in [1.165, 1.54) is 23.0 Å². The number of nitro benzene ring substituents is 1. The van der Waals surface area contributed by atoms with E-state index >= 15 is 0 Å². The third-order valence-electron chi connectivity index (χ3n) is 4.25. The van der Waals surface area contributed by atoms with E-state index in [4.69, 9.17) is 0 Å². The van der Waals surface area contributed by atoms with Crippen LogP contribution in [0.3, 0.4) is 0 Å². The number of nitrogens with zero attached hydrogens (tertiary/aromatic N) is 3. The van der Waals surface area contributed by atoms with Crippen LogP contribution in [-0.2, 0) is 0 Å². The van der Waals surface area contributed by atoms with Crippen LogP contribution in [-0.4, -0.2) is 39.2 Å². The number of piperidine rings is 1. The quantitative estimate of drug-likeness (QED) is 0.656. The lowest BCUT2D eigenvalue weighted by molar-refractivity contribution is -0.384. The number of non-ortho nitro benzene ring substituents is 1. The Bertz CT molecular complexity index is 740. The predicted octanol–water partition coefficient (Wildman–Crippen LogP) is 1.65. The van der Waals surface area contributed by atoms with Gasteiger partial charge in [0.1, 0.15) is 0 Å². The molecular weight excluding hydrogens is 310 g/mol. The molecule has 126 valence electrons. The predicted molar refractivity (Wildman–Crippen MR) is 88.2 cm³/mol. The second-order valence-electron chi connectivity index (χ2n) is 5.91. The van der Waals surface area contributed by atoms with Crippen molar-refractivity contribution in [2.45, 2.75) is 31.8 Å². The molecule has 0 saturated carbocycles. The van der Waals surface area contributed by atoms with Gasteiger partial charge < -0.3 is 10.6 Å². The molecule has 0 aliphatic carbocycles. The van der Waals surface area contributed by atoms with Crippen molar-refractivity contribution in [2.75, 3.05) is 6.54 Å². The van der Waals surface area contributed by atoms with Gasteiger partial charge in [-0.15, -0.1) is 0 Å². The zero-order valence-electron chi connectivity index (χ0n) is 13.3. The summed E-state index contributed by atoms with van der Waals surface area (Å²) in [5, 5.41) is 21.2. The third kappa shape index (κ3) is 3.43. The summed E-state index contributed by atoms with van der Waals surface area (Å²) >= 11 is 0. The number of amides is 1. The maximum Gasteiger partial charge on any atom is 0.269 e. The van der Waals surface area contributed by atoms with E-state index in [1.54, 1.807) is 18.3 Å². The largest absolute Gasteiger partial charge is 0.348 e. The summed E-state index contributed by atoms with van der Waals surface area (Å²) in [5.41, 5.74) is 1.14. The molecule has 1 saturated heterocycles. The highest BCUT2D eigenvalue weighted by Gasteiger charge is 2.23. The fraction of sp³-hybridized carbons (Fsp3) is 0.375. The fourth-order valence-corrected chi connectivity index (χ4v) is 2.80. The van der Waals surface area contributed by atoms with Crippen LogP contribution in [0.1, 0.15) is 30.1 Å². The lowest BCUT2D eigenvalue weighted by Crippen LogP contribution is -2.51. The van der Waals surface area contributed by atoms with Crippen molar-refractivity contribution < 1.29 is 9.72 Å². The van der Waals surface area contributed by atoms with Crippen LogP contribution in [0.25, 0.3) is 5.69 Å². The van der Waals surface area contributed by atoms with Crippen molar-refractivity contribution in [3.63, 3.8) is 0 Å². The van der Waals surface area contributed by atoms with E-state index in [-0.39, 0.29) is 23.7 Å². The van der Waals surface area contributed by atoms with Gasteiger partial charge in [0, 0.05) is 30.4 Å². The lowest BCUT2D eigenvalue weighted by atomic mass is 10.00. The molecule has 2 unspecified atom stereocenters. The standard InChI is InChI=1S/C16H19N5O3/c1-11-15(3-2-8-17-11)19-16(22)12-9-18-20(10-12)13-4-6-14(7-5-13)21(23)24/h4-7,9-11,15,17H,2-3,8H2,1H3,(H,19,22). The second kappa shape index (κ2) is 6.79. The molecule has 8 heteroatoms. The number of carbonyl (C=O) groups is 1. The van der Waals surface area contributed by atoms with Gasteiger partial charge in [-0.05, 0) is 38.4 Å². The van der Waals surface area contributed by atoms with Gasteiger partial charge in [0.2, 0.25) is 0 Å². The molecule has 1 aliphatic heterocycles. The molecule has 0 spiro atoms. The molecule has 0 bridgehead atoms. The maximum atomic E-state index is 12.4. The van der Waals surface area contributed by atoms with Gasteiger partial charge in [0.05, 0.1) is 22.4 Å². The molecule has 1 amide bonds. The average Bonchev–Trinajstić information content (AvgIpc) is 3.07. The van der Waals surface area contributed by atoms with Gasteiger partial charge in [-0.2, -0.15) is 5.10 Å². The average molecular weight is 329 g/mol. The number of nitro groups is 1. The monoisotopic (exact) mass is 329 g/mol. The number of aromatic nitrogens is 2. The molecule has 2 aromatic rings. The van der Waals surface area contributed by atoms with Gasteiger partial charge in [0.25, 0.3) is 11.6 Å². The maximum absolute atomic E-state index is 12.4. The first-order chi connectivity index (χ1) is 11.5.